The third kappa shape index (κ3) is 3.71. The van der Waals surface area contributed by atoms with Crippen molar-refractivity contribution < 1.29 is 8.42 Å². The third-order valence-electron chi connectivity index (χ3n) is 3.30. The highest BCUT2D eigenvalue weighted by Gasteiger charge is 2.26. The Labute approximate surface area is 128 Å². The Morgan fingerprint density at radius 1 is 1.55 bits per heavy atom. The molecule has 1 aromatic rings. The van der Waals surface area contributed by atoms with E-state index in [0.29, 0.717) is 10.9 Å². The monoisotopic (exact) mass is 333 g/mol. The average Bonchev–Trinajstić information content (AvgIpc) is 2.73. The fourth-order valence-corrected chi connectivity index (χ4v) is 5.18. The third-order valence-corrected chi connectivity index (χ3v) is 6.85. The van der Waals surface area contributed by atoms with Crippen molar-refractivity contribution in [1.29, 1.82) is 5.26 Å². The maximum absolute atomic E-state index is 12.2. The van der Waals surface area contributed by atoms with E-state index in [2.05, 4.69) is 10.8 Å². The van der Waals surface area contributed by atoms with E-state index in [0.717, 1.165) is 42.8 Å². The molecule has 110 valence electrons. The van der Waals surface area contributed by atoms with Crippen molar-refractivity contribution in [3.63, 3.8) is 0 Å². The molecule has 8 heteroatoms. The number of nitrogens with zero attached hydrogens (tertiary/aromatic N) is 2. The van der Waals surface area contributed by atoms with Gasteiger partial charge >= 0.3 is 0 Å². The topological polar surface area (TPSA) is 73.2 Å². The van der Waals surface area contributed by atoms with Gasteiger partial charge in [-0.2, -0.15) is 5.26 Å². The van der Waals surface area contributed by atoms with E-state index in [1.165, 1.54) is 0 Å². The Balaban J connectivity index is 1.98. The van der Waals surface area contributed by atoms with E-state index in [-0.39, 0.29) is 10.3 Å². The van der Waals surface area contributed by atoms with Crippen LogP contribution < -0.4 is 4.72 Å². The van der Waals surface area contributed by atoms with Gasteiger partial charge in [-0.15, -0.1) is 11.3 Å². The quantitative estimate of drug-likeness (QED) is 0.855. The van der Waals surface area contributed by atoms with Crippen molar-refractivity contribution in [2.75, 3.05) is 19.6 Å². The lowest BCUT2D eigenvalue weighted by atomic mass is 10.1. The zero-order valence-electron chi connectivity index (χ0n) is 11.1. The van der Waals surface area contributed by atoms with Gasteiger partial charge in [0.25, 0.3) is 0 Å². The molecule has 0 aromatic carbocycles. The second-order valence-corrected chi connectivity index (χ2v) is 8.45. The maximum Gasteiger partial charge on any atom is 0.250 e. The second-order valence-electron chi connectivity index (χ2n) is 4.85. The molecule has 1 fully saturated rings. The number of rotatable bonds is 4. The summed E-state index contributed by atoms with van der Waals surface area (Å²) in [5, 5.41) is 8.63. The zero-order chi connectivity index (χ0) is 14.8. The van der Waals surface area contributed by atoms with Gasteiger partial charge in [0.05, 0.1) is 17.0 Å². The molecule has 0 atom stereocenters. The smallest absolute Gasteiger partial charge is 0.250 e. The van der Waals surface area contributed by atoms with Crippen LogP contribution in [0.2, 0.25) is 4.34 Å². The van der Waals surface area contributed by atoms with Crippen LogP contribution in [0.4, 0.5) is 0 Å². The largest absolute Gasteiger partial charge is 0.290 e. The number of piperidine rings is 1. The van der Waals surface area contributed by atoms with E-state index in [1.54, 1.807) is 13.0 Å². The van der Waals surface area contributed by atoms with Crippen molar-refractivity contribution in [3.05, 3.63) is 16.0 Å². The predicted octanol–water partition coefficient (Wildman–Crippen LogP) is 1.98. The van der Waals surface area contributed by atoms with E-state index in [1.807, 2.05) is 4.90 Å². The molecule has 0 saturated carbocycles. The minimum atomic E-state index is -3.49. The van der Waals surface area contributed by atoms with Crippen LogP contribution in [0.15, 0.2) is 10.3 Å². The highest BCUT2D eigenvalue weighted by Crippen LogP contribution is 2.30. The minimum absolute atomic E-state index is 0.0730. The van der Waals surface area contributed by atoms with Crippen molar-refractivity contribution in [2.45, 2.75) is 30.0 Å². The Kier molecular flexibility index (Phi) is 5.04. The summed E-state index contributed by atoms with van der Waals surface area (Å²) >= 11 is 7.00. The van der Waals surface area contributed by atoms with Gasteiger partial charge in [-0.1, -0.05) is 11.6 Å². The van der Waals surface area contributed by atoms with E-state index in [4.69, 9.17) is 16.9 Å². The number of nitrogens with one attached hydrogen (secondary N) is 1. The van der Waals surface area contributed by atoms with E-state index >= 15 is 0 Å². The van der Waals surface area contributed by atoms with Gasteiger partial charge in [0.1, 0.15) is 4.21 Å². The predicted molar refractivity (Wildman–Crippen MR) is 79.5 cm³/mol. The number of sulfonamides is 1. The van der Waals surface area contributed by atoms with Crippen LogP contribution >= 0.6 is 22.9 Å². The number of halogens is 1. The minimum Gasteiger partial charge on any atom is -0.290 e. The van der Waals surface area contributed by atoms with Crippen molar-refractivity contribution in [1.82, 2.24) is 9.62 Å². The van der Waals surface area contributed by atoms with Crippen molar-refractivity contribution in [3.8, 4) is 6.07 Å². The van der Waals surface area contributed by atoms with Crippen molar-refractivity contribution in [2.24, 2.45) is 0 Å². The van der Waals surface area contributed by atoms with Gasteiger partial charge in [0, 0.05) is 19.1 Å². The van der Waals surface area contributed by atoms with Gasteiger partial charge < -0.3 is 0 Å². The standard InChI is InChI=1S/C12H16ClN3O2S2/c1-9-8-11(19-12(9)13)20(17,18)15-10-2-5-16(6-3-10)7-4-14/h8,10,15H,2-3,5-7H2,1H3. The van der Waals surface area contributed by atoms with Crippen molar-refractivity contribution >= 4 is 33.0 Å². The Morgan fingerprint density at radius 3 is 2.70 bits per heavy atom. The number of likely N-dealkylation sites (tertiary alicyclic amines) is 1. The first-order valence-corrected chi connectivity index (χ1v) is 8.97. The zero-order valence-corrected chi connectivity index (χ0v) is 13.5. The van der Waals surface area contributed by atoms with Crippen LogP contribution in [0.5, 0.6) is 0 Å². The summed E-state index contributed by atoms with van der Waals surface area (Å²) in [6, 6.07) is 3.63. The number of hydrogen-bond acceptors (Lipinski definition) is 5. The SMILES string of the molecule is Cc1cc(S(=O)(=O)NC2CCN(CC#N)CC2)sc1Cl. The summed E-state index contributed by atoms with van der Waals surface area (Å²) in [4.78, 5) is 2.02. The van der Waals surface area contributed by atoms with Crippen LogP contribution in [0.25, 0.3) is 0 Å². The molecule has 2 rings (SSSR count). The molecule has 5 nitrogen and oxygen atoms in total. The van der Waals surface area contributed by atoms with Gasteiger partial charge in [-0.05, 0) is 31.4 Å². The number of thiophene rings is 1. The maximum atomic E-state index is 12.2. The average molecular weight is 334 g/mol. The van der Waals surface area contributed by atoms with Crippen LogP contribution in [0.1, 0.15) is 18.4 Å². The lowest BCUT2D eigenvalue weighted by Crippen LogP contribution is -2.44. The van der Waals surface area contributed by atoms with Crippen LogP contribution in [0, 0.1) is 18.3 Å². The molecule has 1 aliphatic heterocycles. The van der Waals surface area contributed by atoms with Gasteiger partial charge in [0.2, 0.25) is 10.0 Å². The van der Waals surface area contributed by atoms with Crippen LogP contribution in [0.3, 0.4) is 0 Å². The molecule has 1 saturated heterocycles. The fourth-order valence-electron chi connectivity index (χ4n) is 2.15. The Morgan fingerprint density at radius 2 is 2.20 bits per heavy atom. The molecule has 1 aliphatic rings. The molecular weight excluding hydrogens is 318 g/mol. The first kappa shape index (κ1) is 15.7. The highest BCUT2D eigenvalue weighted by atomic mass is 35.5. The molecule has 0 bridgehead atoms. The highest BCUT2D eigenvalue weighted by molar-refractivity contribution is 7.91. The molecular formula is C12H16ClN3O2S2. The Hall–Kier alpha value is -0.650. The molecule has 2 heterocycles. The summed E-state index contributed by atoms with van der Waals surface area (Å²) in [5.74, 6) is 0. The van der Waals surface area contributed by atoms with E-state index in [9.17, 15) is 8.42 Å². The number of nitriles is 1. The lowest BCUT2D eigenvalue weighted by molar-refractivity contribution is 0.229. The van der Waals surface area contributed by atoms with Gasteiger partial charge in [-0.3, -0.25) is 4.90 Å². The molecule has 0 unspecified atom stereocenters. The Bertz CT molecular complexity index is 594. The molecule has 0 spiro atoms. The number of aryl methyl sites for hydroxylation is 1. The molecule has 1 N–H and O–H groups in total. The summed E-state index contributed by atoms with van der Waals surface area (Å²) in [6.07, 6.45) is 1.44. The van der Waals surface area contributed by atoms with E-state index < -0.39 is 10.0 Å². The first-order valence-electron chi connectivity index (χ1n) is 6.30. The second kappa shape index (κ2) is 6.41. The molecule has 0 aliphatic carbocycles. The lowest BCUT2D eigenvalue weighted by Gasteiger charge is -2.30. The summed E-state index contributed by atoms with van der Waals surface area (Å²) < 4.78 is 28.0. The van der Waals surface area contributed by atoms with Gasteiger partial charge in [-0.25, -0.2) is 13.1 Å². The summed E-state index contributed by atoms with van der Waals surface area (Å²) in [7, 11) is -3.49. The van der Waals surface area contributed by atoms with Crippen LogP contribution in [-0.4, -0.2) is 39.0 Å². The molecule has 0 radical (unpaired) electrons. The summed E-state index contributed by atoms with van der Waals surface area (Å²) in [6.45, 7) is 3.67. The summed E-state index contributed by atoms with van der Waals surface area (Å²) in [5.41, 5.74) is 0.779. The molecule has 20 heavy (non-hydrogen) atoms. The fraction of sp³-hybridized carbons (Fsp3) is 0.583. The number of hydrogen-bond donors (Lipinski definition) is 1. The van der Waals surface area contributed by atoms with Crippen LogP contribution in [-0.2, 0) is 10.0 Å². The molecule has 1 aromatic heterocycles. The normalized spacial score (nSPS) is 18.1. The van der Waals surface area contributed by atoms with Gasteiger partial charge in [0.15, 0.2) is 0 Å². The first-order chi connectivity index (χ1) is 9.42. The molecule has 0 amide bonds.